The van der Waals surface area contributed by atoms with E-state index in [0.29, 0.717) is 24.3 Å². The summed E-state index contributed by atoms with van der Waals surface area (Å²) in [6.07, 6.45) is 9.27. The maximum Gasteiger partial charge on any atom is 0.259 e. The second-order valence-corrected chi connectivity index (χ2v) is 8.85. The number of pyridine rings is 2. The molecule has 0 N–H and O–H groups in total. The third-order valence-electron chi connectivity index (χ3n) is 6.13. The summed E-state index contributed by atoms with van der Waals surface area (Å²) in [4.78, 5) is 33.4. The second-order valence-electron chi connectivity index (χ2n) is 8.85. The van der Waals surface area contributed by atoms with Gasteiger partial charge in [0.05, 0.1) is 29.8 Å². The number of rotatable bonds is 6. The first-order valence-electron chi connectivity index (χ1n) is 11.8. The van der Waals surface area contributed by atoms with E-state index in [1.807, 2.05) is 24.0 Å². The van der Waals surface area contributed by atoms with E-state index in [0.717, 1.165) is 29.9 Å². The van der Waals surface area contributed by atoms with Crippen molar-refractivity contribution in [2.45, 2.75) is 39.2 Å². The summed E-state index contributed by atoms with van der Waals surface area (Å²) in [6, 6.07) is 15.4. The summed E-state index contributed by atoms with van der Waals surface area (Å²) in [6.45, 7) is 4.64. The van der Waals surface area contributed by atoms with Crippen LogP contribution in [-0.2, 0) is 6.42 Å². The lowest BCUT2D eigenvalue weighted by molar-refractivity contribution is 0.0729. The van der Waals surface area contributed by atoms with Crippen LogP contribution in [0.25, 0.3) is 0 Å². The molecule has 0 saturated carbocycles. The fourth-order valence-electron chi connectivity index (χ4n) is 4.43. The molecular weight excluding hydrogens is 438 g/mol. The zero-order valence-electron chi connectivity index (χ0n) is 19.9. The minimum atomic E-state index is -0.137. The van der Waals surface area contributed by atoms with E-state index < -0.39 is 0 Å². The Bertz CT molecular complexity index is 1340. The molecule has 1 amide bonds. The summed E-state index contributed by atoms with van der Waals surface area (Å²) in [5, 5.41) is 0. The highest BCUT2D eigenvalue weighted by Gasteiger charge is 2.33. The number of aryl methyl sites for hydroxylation is 2. The first-order valence-corrected chi connectivity index (χ1v) is 11.8. The monoisotopic (exact) mass is 465 g/mol. The average Bonchev–Trinajstić information content (AvgIpc) is 3.36. The normalized spacial score (nSPS) is 15.3. The molecule has 0 radical (unpaired) electrons. The number of nitrogens with zero attached hydrogens (tertiary/aromatic N) is 5. The highest BCUT2D eigenvalue weighted by Crippen LogP contribution is 2.34. The van der Waals surface area contributed by atoms with Crippen LogP contribution >= 0.6 is 0 Å². The van der Waals surface area contributed by atoms with Crippen LogP contribution in [0.2, 0.25) is 0 Å². The maximum absolute atomic E-state index is 13.7. The van der Waals surface area contributed by atoms with Gasteiger partial charge in [0.25, 0.3) is 5.91 Å². The minimum Gasteiger partial charge on any atom is -0.437 e. The van der Waals surface area contributed by atoms with E-state index in [1.54, 1.807) is 36.9 Å². The van der Waals surface area contributed by atoms with E-state index in [2.05, 4.69) is 46.1 Å². The predicted octanol–water partition coefficient (Wildman–Crippen LogP) is 5.24. The standard InChI is InChI=1S/C28H27N5O2/c1-19-6-3-7-21(14-19)15-22-16-29-18-25(32-22)26-9-5-13-33(26)28(34)24-8-4-12-30-27(24)35-23-11-10-20(2)31-17-23/h3-4,6-8,10-12,14,16-18,26H,5,9,13,15H2,1-2H3/t26-/m0/s1. The van der Waals surface area contributed by atoms with Crippen molar-refractivity contribution >= 4 is 5.91 Å². The Balaban J connectivity index is 1.38. The fraction of sp³-hybridized carbons (Fsp3) is 0.250. The molecular formula is C28H27N5O2. The molecule has 4 aromatic rings. The third-order valence-corrected chi connectivity index (χ3v) is 6.13. The van der Waals surface area contributed by atoms with Gasteiger partial charge in [0, 0.05) is 31.1 Å². The summed E-state index contributed by atoms with van der Waals surface area (Å²) in [5.74, 6) is 0.686. The van der Waals surface area contributed by atoms with Crippen LogP contribution in [0, 0.1) is 13.8 Å². The van der Waals surface area contributed by atoms with Gasteiger partial charge in [-0.3, -0.25) is 19.7 Å². The molecule has 1 atom stereocenters. The van der Waals surface area contributed by atoms with Gasteiger partial charge in [0.15, 0.2) is 0 Å². The number of amides is 1. The first kappa shape index (κ1) is 22.7. The quantitative estimate of drug-likeness (QED) is 0.387. The third kappa shape index (κ3) is 5.19. The second kappa shape index (κ2) is 10.0. The number of ether oxygens (including phenoxy) is 1. The SMILES string of the molecule is Cc1cccc(Cc2cncc([C@@H]3CCCN3C(=O)c3cccnc3Oc3ccc(C)nc3)n2)c1. The highest BCUT2D eigenvalue weighted by atomic mass is 16.5. The van der Waals surface area contributed by atoms with Crippen LogP contribution in [0.15, 0.2) is 73.3 Å². The highest BCUT2D eigenvalue weighted by molar-refractivity contribution is 5.96. The van der Waals surface area contributed by atoms with Crippen LogP contribution in [-0.4, -0.2) is 37.3 Å². The Morgan fingerprint density at radius 1 is 1.06 bits per heavy atom. The summed E-state index contributed by atoms with van der Waals surface area (Å²) < 4.78 is 5.93. The van der Waals surface area contributed by atoms with Crippen molar-refractivity contribution in [3.05, 3.63) is 107 Å². The lowest BCUT2D eigenvalue weighted by Gasteiger charge is -2.25. The fourth-order valence-corrected chi connectivity index (χ4v) is 4.43. The van der Waals surface area contributed by atoms with Crippen molar-refractivity contribution in [2.75, 3.05) is 6.54 Å². The van der Waals surface area contributed by atoms with Crippen LogP contribution in [0.4, 0.5) is 0 Å². The lowest BCUT2D eigenvalue weighted by Crippen LogP contribution is -2.31. The van der Waals surface area contributed by atoms with Gasteiger partial charge in [-0.1, -0.05) is 29.8 Å². The molecule has 7 nitrogen and oxygen atoms in total. The number of carbonyl (C=O) groups is 1. The van der Waals surface area contributed by atoms with Crippen molar-refractivity contribution in [2.24, 2.45) is 0 Å². The van der Waals surface area contributed by atoms with E-state index in [9.17, 15) is 4.79 Å². The van der Waals surface area contributed by atoms with E-state index >= 15 is 0 Å². The van der Waals surface area contributed by atoms with Crippen LogP contribution < -0.4 is 4.74 Å². The number of hydrogen-bond acceptors (Lipinski definition) is 6. The molecule has 0 bridgehead atoms. The van der Waals surface area contributed by atoms with Gasteiger partial charge in [0.2, 0.25) is 5.88 Å². The van der Waals surface area contributed by atoms with Crippen LogP contribution in [0.5, 0.6) is 11.6 Å². The Morgan fingerprint density at radius 2 is 1.97 bits per heavy atom. The minimum absolute atomic E-state index is 0.124. The van der Waals surface area contributed by atoms with Gasteiger partial charge >= 0.3 is 0 Å². The molecule has 4 heterocycles. The maximum atomic E-state index is 13.7. The van der Waals surface area contributed by atoms with Gasteiger partial charge in [-0.15, -0.1) is 0 Å². The van der Waals surface area contributed by atoms with Crippen molar-refractivity contribution in [1.29, 1.82) is 0 Å². The smallest absolute Gasteiger partial charge is 0.259 e. The van der Waals surface area contributed by atoms with Crippen LogP contribution in [0.1, 0.15) is 57.5 Å². The molecule has 3 aromatic heterocycles. The molecule has 5 rings (SSSR count). The van der Waals surface area contributed by atoms with E-state index in [1.165, 1.54) is 11.1 Å². The summed E-state index contributed by atoms with van der Waals surface area (Å²) in [7, 11) is 0. The molecule has 1 fully saturated rings. The Morgan fingerprint density at radius 3 is 2.80 bits per heavy atom. The zero-order valence-corrected chi connectivity index (χ0v) is 19.9. The van der Waals surface area contributed by atoms with Crippen molar-refractivity contribution in [1.82, 2.24) is 24.8 Å². The van der Waals surface area contributed by atoms with Gasteiger partial charge in [0.1, 0.15) is 11.3 Å². The molecule has 0 unspecified atom stereocenters. The zero-order chi connectivity index (χ0) is 24.2. The Hall–Kier alpha value is -4.13. The average molecular weight is 466 g/mol. The number of hydrogen-bond donors (Lipinski definition) is 0. The molecule has 1 saturated heterocycles. The molecule has 1 aliphatic heterocycles. The van der Waals surface area contributed by atoms with Crippen molar-refractivity contribution in [3.63, 3.8) is 0 Å². The van der Waals surface area contributed by atoms with E-state index in [-0.39, 0.29) is 17.8 Å². The van der Waals surface area contributed by atoms with E-state index in [4.69, 9.17) is 9.72 Å². The van der Waals surface area contributed by atoms with Gasteiger partial charge in [-0.25, -0.2) is 4.98 Å². The predicted molar refractivity (Wildman–Crippen MR) is 132 cm³/mol. The Kier molecular flexibility index (Phi) is 6.48. The summed E-state index contributed by atoms with van der Waals surface area (Å²) in [5.41, 5.74) is 5.43. The lowest BCUT2D eigenvalue weighted by atomic mass is 10.1. The number of carbonyl (C=O) groups excluding carboxylic acids is 1. The first-order chi connectivity index (χ1) is 17.1. The molecule has 1 aliphatic rings. The molecule has 176 valence electrons. The number of benzene rings is 1. The molecule has 0 aliphatic carbocycles. The van der Waals surface area contributed by atoms with Gasteiger partial charge in [-0.2, -0.15) is 0 Å². The number of likely N-dealkylation sites (tertiary alicyclic amines) is 1. The van der Waals surface area contributed by atoms with Gasteiger partial charge < -0.3 is 9.64 Å². The van der Waals surface area contributed by atoms with Crippen molar-refractivity contribution in [3.8, 4) is 11.6 Å². The largest absolute Gasteiger partial charge is 0.437 e. The molecule has 7 heteroatoms. The van der Waals surface area contributed by atoms with Crippen LogP contribution in [0.3, 0.4) is 0 Å². The Labute approximate surface area is 204 Å². The molecule has 35 heavy (non-hydrogen) atoms. The molecule has 0 spiro atoms. The summed E-state index contributed by atoms with van der Waals surface area (Å²) >= 11 is 0. The van der Waals surface area contributed by atoms with Gasteiger partial charge in [-0.05, 0) is 56.5 Å². The molecule has 1 aromatic carbocycles. The number of aromatic nitrogens is 4. The van der Waals surface area contributed by atoms with Crippen molar-refractivity contribution < 1.29 is 9.53 Å². The topological polar surface area (TPSA) is 81.1 Å².